The smallest absolute Gasteiger partial charge is 0.229 e. The molecule has 0 aliphatic carbocycles. The third kappa shape index (κ3) is 3.80. The second-order valence-electron chi connectivity index (χ2n) is 7.23. The van der Waals surface area contributed by atoms with Crippen LogP contribution in [0.5, 0.6) is 11.5 Å². The number of anilines is 1. The predicted octanol–water partition coefficient (Wildman–Crippen LogP) is 2.29. The lowest BCUT2D eigenvalue weighted by molar-refractivity contribution is -0.126. The van der Waals surface area contributed by atoms with Crippen molar-refractivity contribution in [2.75, 3.05) is 32.2 Å². The van der Waals surface area contributed by atoms with E-state index in [2.05, 4.69) is 15.5 Å². The highest BCUT2D eigenvalue weighted by Gasteiger charge is 2.36. The van der Waals surface area contributed by atoms with Crippen molar-refractivity contribution in [3.05, 3.63) is 48.0 Å². The van der Waals surface area contributed by atoms with Crippen LogP contribution in [0.15, 0.2) is 42.5 Å². The number of nitrogens with one attached hydrogen (secondary N) is 2. The molecule has 1 saturated heterocycles. The number of carbonyl (C=O) groups excluding carboxylic acids is 2. The first-order valence-corrected chi connectivity index (χ1v) is 9.82. The van der Waals surface area contributed by atoms with Gasteiger partial charge in [-0.05, 0) is 36.2 Å². The van der Waals surface area contributed by atoms with Crippen LogP contribution in [0.3, 0.4) is 0 Å². The van der Waals surface area contributed by atoms with E-state index < -0.39 is 5.92 Å². The van der Waals surface area contributed by atoms with Gasteiger partial charge in [-0.15, -0.1) is 0 Å². The second kappa shape index (κ2) is 8.44. The number of amides is 2. The maximum absolute atomic E-state index is 12.6. The minimum absolute atomic E-state index is 0.0905. The second-order valence-corrected chi connectivity index (χ2v) is 7.23. The molecule has 1 aromatic heterocycles. The van der Waals surface area contributed by atoms with Crippen LogP contribution in [0.25, 0.3) is 10.9 Å². The van der Waals surface area contributed by atoms with Crippen molar-refractivity contribution in [1.82, 2.24) is 15.5 Å². The molecule has 8 heteroatoms. The van der Waals surface area contributed by atoms with Crippen molar-refractivity contribution >= 4 is 28.5 Å². The SMILES string of the molecule is COc1ccc(CCNC(=O)[C@H]2CC(=O)N(c3n[nH]c4ccccc34)C2)cc1OC. The van der Waals surface area contributed by atoms with Gasteiger partial charge in [-0.1, -0.05) is 18.2 Å². The Morgan fingerprint density at radius 3 is 2.80 bits per heavy atom. The lowest BCUT2D eigenvalue weighted by atomic mass is 10.1. The lowest BCUT2D eigenvalue weighted by Crippen LogP contribution is -2.34. The number of carbonyl (C=O) groups is 2. The van der Waals surface area contributed by atoms with Gasteiger partial charge in [0.25, 0.3) is 0 Å². The molecule has 156 valence electrons. The molecule has 1 atom stereocenters. The molecule has 1 aliphatic heterocycles. The summed E-state index contributed by atoms with van der Waals surface area (Å²) in [7, 11) is 3.19. The maximum atomic E-state index is 12.6. The number of para-hydroxylation sites is 1. The monoisotopic (exact) mass is 408 g/mol. The van der Waals surface area contributed by atoms with Crippen LogP contribution >= 0.6 is 0 Å². The molecule has 0 bridgehead atoms. The van der Waals surface area contributed by atoms with E-state index in [9.17, 15) is 9.59 Å². The van der Waals surface area contributed by atoms with E-state index >= 15 is 0 Å². The van der Waals surface area contributed by atoms with Crippen LogP contribution in [0.1, 0.15) is 12.0 Å². The summed E-state index contributed by atoms with van der Waals surface area (Å²) in [5.74, 6) is 1.30. The van der Waals surface area contributed by atoms with Crippen LogP contribution < -0.4 is 19.7 Å². The Bertz CT molecular complexity index is 1080. The molecule has 1 aliphatic rings. The first kappa shape index (κ1) is 19.8. The fraction of sp³-hybridized carbons (Fsp3) is 0.318. The highest BCUT2D eigenvalue weighted by Crippen LogP contribution is 2.30. The molecule has 3 aromatic rings. The van der Waals surface area contributed by atoms with Crippen molar-refractivity contribution in [2.24, 2.45) is 5.92 Å². The number of fused-ring (bicyclic) bond motifs is 1. The largest absolute Gasteiger partial charge is 0.493 e. The molecule has 0 radical (unpaired) electrons. The van der Waals surface area contributed by atoms with E-state index in [1.165, 1.54) is 0 Å². The first-order valence-electron chi connectivity index (χ1n) is 9.82. The van der Waals surface area contributed by atoms with Crippen LogP contribution in [-0.2, 0) is 16.0 Å². The van der Waals surface area contributed by atoms with E-state index in [1.807, 2.05) is 42.5 Å². The average molecular weight is 408 g/mol. The van der Waals surface area contributed by atoms with Gasteiger partial charge < -0.3 is 14.8 Å². The van der Waals surface area contributed by atoms with Gasteiger partial charge in [0, 0.05) is 24.9 Å². The Labute approximate surface area is 174 Å². The number of benzene rings is 2. The van der Waals surface area contributed by atoms with Gasteiger partial charge >= 0.3 is 0 Å². The quantitative estimate of drug-likeness (QED) is 0.625. The van der Waals surface area contributed by atoms with Crippen LogP contribution in [-0.4, -0.2) is 49.3 Å². The third-order valence-electron chi connectivity index (χ3n) is 5.36. The molecule has 0 spiro atoms. The molecule has 8 nitrogen and oxygen atoms in total. The first-order chi connectivity index (χ1) is 14.6. The zero-order valence-corrected chi connectivity index (χ0v) is 17.0. The lowest BCUT2D eigenvalue weighted by Gasteiger charge is -2.14. The molecule has 4 rings (SSSR count). The summed E-state index contributed by atoms with van der Waals surface area (Å²) in [5, 5.41) is 11.0. The summed E-state index contributed by atoms with van der Waals surface area (Å²) in [6.07, 6.45) is 0.837. The van der Waals surface area contributed by atoms with Crippen LogP contribution in [0.2, 0.25) is 0 Å². The van der Waals surface area contributed by atoms with Crippen molar-refractivity contribution in [3.8, 4) is 11.5 Å². The van der Waals surface area contributed by atoms with Gasteiger partial charge in [-0.3, -0.25) is 19.6 Å². The number of H-pyrrole nitrogens is 1. The zero-order chi connectivity index (χ0) is 21.1. The fourth-order valence-corrected chi connectivity index (χ4v) is 3.75. The van der Waals surface area contributed by atoms with Gasteiger partial charge in [0.15, 0.2) is 17.3 Å². The Kier molecular flexibility index (Phi) is 5.56. The maximum Gasteiger partial charge on any atom is 0.229 e. The number of nitrogens with zero attached hydrogens (tertiary/aromatic N) is 2. The van der Waals surface area contributed by atoms with Gasteiger partial charge in [0.05, 0.1) is 25.7 Å². The number of hydrogen-bond acceptors (Lipinski definition) is 5. The number of rotatable bonds is 7. The van der Waals surface area contributed by atoms with Crippen LogP contribution in [0, 0.1) is 5.92 Å². The predicted molar refractivity (Wildman–Crippen MR) is 113 cm³/mol. The Morgan fingerprint density at radius 1 is 1.20 bits per heavy atom. The molecule has 30 heavy (non-hydrogen) atoms. The average Bonchev–Trinajstić information content (AvgIpc) is 3.36. The van der Waals surface area contributed by atoms with Gasteiger partial charge in [-0.2, -0.15) is 5.10 Å². The van der Waals surface area contributed by atoms with Crippen molar-refractivity contribution in [3.63, 3.8) is 0 Å². The number of aromatic amines is 1. The zero-order valence-electron chi connectivity index (χ0n) is 17.0. The highest BCUT2D eigenvalue weighted by atomic mass is 16.5. The minimum atomic E-state index is -0.390. The Hall–Kier alpha value is -3.55. The summed E-state index contributed by atoms with van der Waals surface area (Å²) in [4.78, 5) is 26.7. The summed E-state index contributed by atoms with van der Waals surface area (Å²) in [5.41, 5.74) is 1.89. The molecule has 2 N–H and O–H groups in total. The summed E-state index contributed by atoms with van der Waals surface area (Å²) in [6.45, 7) is 0.806. The van der Waals surface area contributed by atoms with E-state index in [1.54, 1.807) is 19.1 Å². The number of ether oxygens (including phenoxy) is 2. The van der Waals surface area contributed by atoms with E-state index in [0.29, 0.717) is 36.8 Å². The van der Waals surface area contributed by atoms with Crippen molar-refractivity contribution in [2.45, 2.75) is 12.8 Å². The summed E-state index contributed by atoms with van der Waals surface area (Å²) >= 11 is 0. The summed E-state index contributed by atoms with van der Waals surface area (Å²) < 4.78 is 10.6. The molecular formula is C22H24N4O4. The molecule has 0 unspecified atom stereocenters. The van der Waals surface area contributed by atoms with Crippen molar-refractivity contribution < 1.29 is 19.1 Å². The molecule has 2 heterocycles. The number of aromatic nitrogens is 2. The molecule has 2 amide bonds. The third-order valence-corrected chi connectivity index (χ3v) is 5.36. The van der Waals surface area contributed by atoms with Gasteiger partial charge in [-0.25, -0.2) is 0 Å². The Morgan fingerprint density at radius 2 is 2.00 bits per heavy atom. The minimum Gasteiger partial charge on any atom is -0.493 e. The molecular weight excluding hydrogens is 384 g/mol. The van der Waals surface area contributed by atoms with Gasteiger partial charge in [0.1, 0.15) is 0 Å². The highest BCUT2D eigenvalue weighted by molar-refractivity contribution is 6.05. The molecule has 2 aromatic carbocycles. The van der Waals surface area contributed by atoms with Gasteiger partial charge in [0.2, 0.25) is 11.8 Å². The Balaban J connectivity index is 1.35. The van der Waals surface area contributed by atoms with Crippen LogP contribution in [0.4, 0.5) is 5.82 Å². The molecule has 1 fully saturated rings. The van der Waals surface area contributed by atoms with Crippen molar-refractivity contribution in [1.29, 1.82) is 0 Å². The number of methoxy groups -OCH3 is 2. The topological polar surface area (TPSA) is 96.5 Å². The fourth-order valence-electron chi connectivity index (χ4n) is 3.75. The molecule has 0 saturated carbocycles. The number of hydrogen-bond donors (Lipinski definition) is 2. The standard InChI is InChI=1S/C22H24N4O4/c1-29-18-8-7-14(11-19(18)30-2)9-10-23-22(28)15-12-20(27)26(13-15)21-16-5-3-4-6-17(16)24-25-21/h3-8,11,15H,9-10,12-13H2,1-2H3,(H,23,28)(H,24,25)/t15-/m0/s1. The van der Waals surface area contributed by atoms with E-state index in [0.717, 1.165) is 16.5 Å². The normalized spacial score (nSPS) is 16.1. The van der Waals surface area contributed by atoms with E-state index in [4.69, 9.17) is 9.47 Å². The summed E-state index contributed by atoms with van der Waals surface area (Å²) in [6, 6.07) is 13.3. The van der Waals surface area contributed by atoms with E-state index in [-0.39, 0.29) is 18.2 Å².